The summed E-state index contributed by atoms with van der Waals surface area (Å²) in [6.07, 6.45) is 2.96. The highest BCUT2D eigenvalue weighted by Gasteiger charge is 2.22. The summed E-state index contributed by atoms with van der Waals surface area (Å²) >= 11 is 0. The summed E-state index contributed by atoms with van der Waals surface area (Å²) in [4.78, 5) is 30.6. The lowest BCUT2D eigenvalue weighted by Gasteiger charge is -2.29. The lowest BCUT2D eigenvalue weighted by molar-refractivity contribution is 0.0936. The Kier molecular flexibility index (Phi) is 5.73. The van der Waals surface area contributed by atoms with E-state index < -0.39 is 23.2 Å². The SMILES string of the molecule is CC(NC(=O)c1c[nH]c2cc(N3CCOCC3)c(F)cc2c1=O)c1nncn1C(C)C. The van der Waals surface area contributed by atoms with Gasteiger partial charge >= 0.3 is 0 Å². The molecular weight excluding hydrogens is 403 g/mol. The third kappa shape index (κ3) is 4.02. The van der Waals surface area contributed by atoms with E-state index in [9.17, 15) is 14.0 Å². The highest BCUT2D eigenvalue weighted by atomic mass is 19.1. The number of benzene rings is 1. The third-order valence-electron chi connectivity index (χ3n) is 5.44. The largest absolute Gasteiger partial charge is 0.378 e. The van der Waals surface area contributed by atoms with Crippen LogP contribution in [0.15, 0.2) is 29.5 Å². The van der Waals surface area contributed by atoms with Gasteiger partial charge in [-0.15, -0.1) is 10.2 Å². The number of hydrogen-bond donors (Lipinski definition) is 2. The first kappa shape index (κ1) is 21.0. The van der Waals surface area contributed by atoms with Crippen LogP contribution in [0.3, 0.4) is 0 Å². The van der Waals surface area contributed by atoms with Crippen LogP contribution in [0, 0.1) is 5.82 Å². The molecule has 1 amide bonds. The second-order valence-corrected chi connectivity index (χ2v) is 7.87. The zero-order valence-corrected chi connectivity index (χ0v) is 17.7. The van der Waals surface area contributed by atoms with Crippen LogP contribution in [-0.4, -0.2) is 52.0 Å². The maximum absolute atomic E-state index is 14.8. The van der Waals surface area contributed by atoms with E-state index in [4.69, 9.17) is 4.74 Å². The zero-order valence-electron chi connectivity index (χ0n) is 17.7. The molecule has 31 heavy (non-hydrogen) atoms. The number of pyridine rings is 1. The summed E-state index contributed by atoms with van der Waals surface area (Å²) in [7, 11) is 0. The highest BCUT2D eigenvalue weighted by molar-refractivity contribution is 5.97. The number of H-pyrrole nitrogens is 1. The molecule has 4 rings (SSSR count). The number of morpholine rings is 1. The van der Waals surface area contributed by atoms with Crippen LogP contribution in [0.1, 0.15) is 49.0 Å². The predicted molar refractivity (Wildman–Crippen MR) is 114 cm³/mol. The average Bonchev–Trinajstić information content (AvgIpc) is 3.25. The fourth-order valence-electron chi connectivity index (χ4n) is 3.74. The number of anilines is 1. The van der Waals surface area contributed by atoms with Gasteiger partial charge in [0.1, 0.15) is 17.7 Å². The van der Waals surface area contributed by atoms with E-state index in [-0.39, 0.29) is 17.0 Å². The van der Waals surface area contributed by atoms with Crippen LogP contribution >= 0.6 is 0 Å². The van der Waals surface area contributed by atoms with Crippen LogP contribution in [0.4, 0.5) is 10.1 Å². The maximum atomic E-state index is 14.8. The molecule has 1 atom stereocenters. The second kappa shape index (κ2) is 8.46. The number of ether oxygens (including phenoxy) is 1. The van der Waals surface area contributed by atoms with Gasteiger partial charge in [0.05, 0.1) is 30.5 Å². The first-order valence-corrected chi connectivity index (χ1v) is 10.2. The van der Waals surface area contributed by atoms with Gasteiger partial charge in [-0.1, -0.05) is 0 Å². The van der Waals surface area contributed by atoms with Crippen molar-refractivity contribution in [3.8, 4) is 0 Å². The summed E-state index contributed by atoms with van der Waals surface area (Å²) in [5.74, 6) is -0.482. The Hall–Kier alpha value is -3.27. The number of carbonyl (C=O) groups is 1. The monoisotopic (exact) mass is 428 g/mol. The Labute approximate surface area is 178 Å². The molecule has 3 aromatic rings. The minimum absolute atomic E-state index is 0.0894. The van der Waals surface area contributed by atoms with Crippen molar-refractivity contribution in [1.82, 2.24) is 25.1 Å². The number of nitrogens with zero attached hydrogens (tertiary/aromatic N) is 4. The Bertz CT molecular complexity index is 1170. The van der Waals surface area contributed by atoms with Crippen molar-refractivity contribution in [2.75, 3.05) is 31.2 Å². The van der Waals surface area contributed by atoms with E-state index in [1.165, 1.54) is 12.3 Å². The van der Waals surface area contributed by atoms with Crippen molar-refractivity contribution in [1.29, 1.82) is 0 Å². The minimum Gasteiger partial charge on any atom is -0.378 e. The van der Waals surface area contributed by atoms with Gasteiger partial charge in [-0.2, -0.15) is 0 Å². The topological polar surface area (TPSA) is 105 Å². The number of halogens is 1. The van der Waals surface area contributed by atoms with Gasteiger partial charge in [0, 0.05) is 30.7 Å². The van der Waals surface area contributed by atoms with Gasteiger partial charge in [-0.3, -0.25) is 9.59 Å². The van der Waals surface area contributed by atoms with Crippen LogP contribution in [0.5, 0.6) is 0 Å². The number of fused-ring (bicyclic) bond motifs is 1. The quantitative estimate of drug-likeness (QED) is 0.645. The molecule has 3 heterocycles. The summed E-state index contributed by atoms with van der Waals surface area (Å²) < 4.78 is 21.9. The minimum atomic E-state index is -0.563. The molecule has 0 radical (unpaired) electrons. The first-order valence-electron chi connectivity index (χ1n) is 10.2. The smallest absolute Gasteiger partial charge is 0.257 e. The Balaban J connectivity index is 1.62. The number of amides is 1. The normalized spacial score (nSPS) is 15.5. The van der Waals surface area contributed by atoms with Gasteiger partial charge < -0.3 is 24.5 Å². The predicted octanol–water partition coefficient (Wildman–Crippen LogP) is 2.17. The number of aromatic nitrogens is 4. The molecule has 1 saturated heterocycles. The summed E-state index contributed by atoms with van der Waals surface area (Å²) in [6, 6.07) is 2.45. The molecule has 1 aliphatic rings. The van der Waals surface area contributed by atoms with Crippen LogP contribution in [0.2, 0.25) is 0 Å². The van der Waals surface area contributed by atoms with Crippen molar-refractivity contribution >= 4 is 22.5 Å². The lowest BCUT2D eigenvalue weighted by Crippen LogP contribution is -2.36. The fourth-order valence-corrected chi connectivity index (χ4v) is 3.74. The number of nitrogens with one attached hydrogen (secondary N) is 2. The third-order valence-corrected chi connectivity index (χ3v) is 5.44. The molecule has 0 spiro atoms. The molecule has 10 heteroatoms. The van der Waals surface area contributed by atoms with Crippen molar-refractivity contribution in [2.24, 2.45) is 0 Å². The molecule has 1 aliphatic heterocycles. The van der Waals surface area contributed by atoms with E-state index in [1.54, 1.807) is 19.3 Å². The molecule has 0 saturated carbocycles. The molecule has 1 fully saturated rings. The van der Waals surface area contributed by atoms with Crippen molar-refractivity contribution in [3.63, 3.8) is 0 Å². The van der Waals surface area contributed by atoms with Gasteiger partial charge in [0.15, 0.2) is 5.82 Å². The average molecular weight is 428 g/mol. The van der Waals surface area contributed by atoms with Gasteiger partial charge in [0.25, 0.3) is 5.91 Å². The van der Waals surface area contributed by atoms with E-state index >= 15 is 0 Å². The number of carbonyl (C=O) groups excluding carboxylic acids is 1. The molecule has 9 nitrogen and oxygen atoms in total. The van der Waals surface area contributed by atoms with E-state index in [1.807, 2.05) is 23.3 Å². The maximum Gasteiger partial charge on any atom is 0.257 e. The Morgan fingerprint density at radius 2 is 2.00 bits per heavy atom. The Morgan fingerprint density at radius 3 is 2.71 bits per heavy atom. The second-order valence-electron chi connectivity index (χ2n) is 7.87. The standard InChI is InChI=1S/C21H25FN6O3/c1-12(2)28-11-24-26-20(28)13(3)25-21(30)15-10-23-17-9-18(27-4-6-31-7-5-27)16(22)8-14(17)19(15)29/h8-13H,4-7H2,1-3H3,(H,23,29)(H,25,30). The van der Waals surface area contributed by atoms with Crippen molar-refractivity contribution in [2.45, 2.75) is 32.9 Å². The van der Waals surface area contributed by atoms with Crippen molar-refractivity contribution in [3.05, 3.63) is 52.1 Å². The Morgan fingerprint density at radius 1 is 1.26 bits per heavy atom. The van der Waals surface area contributed by atoms with Crippen LogP contribution in [-0.2, 0) is 4.74 Å². The number of rotatable bonds is 5. The molecule has 1 unspecified atom stereocenters. The molecule has 164 valence electrons. The lowest BCUT2D eigenvalue weighted by atomic mass is 10.1. The fraction of sp³-hybridized carbons (Fsp3) is 0.429. The molecular formula is C21H25FN6O3. The first-order chi connectivity index (χ1) is 14.9. The highest BCUT2D eigenvalue weighted by Crippen LogP contribution is 2.25. The van der Waals surface area contributed by atoms with Gasteiger partial charge in [-0.05, 0) is 32.9 Å². The van der Waals surface area contributed by atoms with Gasteiger partial charge in [0.2, 0.25) is 5.43 Å². The molecule has 1 aromatic carbocycles. The van der Waals surface area contributed by atoms with E-state index in [0.29, 0.717) is 43.3 Å². The van der Waals surface area contributed by atoms with Crippen molar-refractivity contribution < 1.29 is 13.9 Å². The summed E-state index contributed by atoms with van der Waals surface area (Å²) in [5.41, 5.74) is 0.257. The summed E-state index contributed by atoms with van der Waals surface area (Å²) in [6.45, 7) is 7.93. The van der Waals surface area contributed by atoms with Gasteiger partial charge in [-0.25, -0.2) is 4.39 Å². The number of hydrogen-bond acceptors (Lipinski definition) is 6. The molecule has 2 N–H and O–H groups in total. The number of aromatic amines is 1. The van der Waals surface area contributed by atoms with Crippen LogP contribution < -0.4 is 15.6 Å². The van der Waals surface area contributed by atoms with E-state index in [0.717, 1.165) is 0 Å². The molecule has 0 bridgehead atoms. The van der Waals surface area contributed by atoms with E-state index in [2.05, 4.69) is 20.5 Å². The summed E-state index contributed by atoms with van der Waals surface area (Å²) in [5, 5.41) is 10.9. The zero-order chi connectivity index (χ0) is 22.1. The van der Waals surface area contributed by atoms with Crippen LogP contribution in [0.25, 0.3) is 10.9 Å². The molecule has 0 aliphatic carbocycles. The molecule has 2 aromatic heterocycles.